The van der Waals surface area contributed by atoms with Crippen molar-refractivity contribution in [1.29, 1.82) is 0 Å². The zero-order valence-corrected chi connectivity index (χ0v) is 12.1. The van der Waals surface area contributed by atoms with Crippen LogP contribution in [-0.2, 0) is 9.53 Å². The molecule has 0 bridgehead atoms. The second kappa shape index (κ2) is 9.17. The van der Waals surface area contributed by atoms with Gasteiger partial charge in [-0.3, -0.25) is 0 Å². The smallest absolute Gasteiger partial charge is 0.384 e. The molecule has 0 aliphatic rings. The molecule has 0 fully saturated rings. The zero-order valence-electron chi connectivity index (χ0n) is 12.1. The molecular formula is C17H22O3. The molecule has 0 aliphatic carbocycles. The number of hydrogen-bond donors (Lipinski definition) is 1. The Bertz CT molecular complexity index is 454. The van der Waals surface area contributed by atoms with Gasteiger partial charge in [-0.2, -0.15) is 0 Å². The maximum Gasteiger partial charge on any atom is 0.384 e. The fraction of sp³-hybridized carbons (Fsp3) is 0.471. The van der Waals surface area contributed by atoms with Gasteiger partial charge >= 0.3 is 5.97 Å². The Kier molecular flexibility index (Phi) is 7.46. The second-order valence-electron chi connectivity index (χ2n) is 5.11. The summed E-state index contributed by atoms with van der Waals surface area (Å²) in [5.41, 5.74) is 0.914. The van der Waals surface area contributed by atoms with E-state index < -0.39 is 12.1 Å². The fourth-order valence-corrected chi connectivity index (χ4v) is 1.64. The number of hydrogen-bond acceptors (Lipinski definition) is 3. The lowest BCUT2D eigenvalue weighted by atomic mass is 10.0. The van der Waals surface area contributed by atoms with Gasteiger partial charge in [0, 0.05) is 12.3 Å². The summed E-state index contributed by atoms with van der Waals surface area (Å²) < 4.78 is 4.94. The molecule has 0 radical (unpaired) electrons. The Morgan fingerprint density at radius 2 is 2.00 bits per heavy atom. The third-order valence-electron chi connectivity index (χ3n) is 2.70. The molecule has 0 aliphatic heterocycles. The molecule has 0 amide bonds. The minimum atomic E-state index is -0.470. The molecule has 3 heteroatoms. The molecule has 0 aromatic heterocycles. The molecular weight excluding hydrogens is 252 g/mol. The van der Waals surface area contributed by atoms with Gasteiger partial charge in [0.15, 0.2) is 0 Å². The van der Waals surface area contributed by atoms with Gasteiger partial charge in [0.2, 0.25) is 0 Å². The molecule has 0 saturated carbocycles. The van der Waals surface area contributed by atoms with E-state index in [9.17, 15) is 9.90 Å². The largest absolute Gasteiger partial charge is 0.456 e. The predicted octanol–water partition coefficient (Wildman–Crippen LogP) is 3.09. The summed E-state index contributed by atoms with van der Waals surface area (Å²) in [4.78, 5) is 11.2. The van der Waals surface area contributed by atoms with Crippen molar-refractivity contribution >= 4 is 5.97 Å². The third-order valence-corrected chi connectivity index (χ3v) is 2.70. The van der Waals surface area contributed by atoms with E-state index >= 15 is 0 Å². The van der Waals surface area contributed by atoms with Crippen LogP contribution in [0.4, 0.5) is 0 Å². The molecule has 0 heterocycles. The van der Waals surface area contributed by atoms with Crippen molar-refractivity contribution in [3.8, 4) is 11.8 Å². The maximum absolute atomic E-state index is 11.2. The molecule has 1 aromatic carbocycles. The van der Waals surface area contributed by atoms with Gasteiger partial charge in [0.25, 0.3) is 0 Å². The highest BCUT2D eigenvalue weighted by Crippen LogP contribution is 2.18. The van der Waals surface area contributed by atoms with Gasteiger partial charge in [-0.1, -0.05) is 50.1 Å². The van der Waals surface area contributed by atoms with Gasteiger partial charge in [0.1, 0.15) is 0 Å². The molecule has 1 N–H and O–H groups in total. The molecule has 20 heavy (non-hydrogen) atoms. The number of ether oxygens (including phenoxy) is 1. The van der Waals surface area contributed by atoms with Crippen LogP contribution in [0.3, 0.4) is 0 Å². The van der Waals surface area contributed by atoms with Gasteiger partial charge < -0.3 is 9.84 Å². The summed E-state index contributed by atoms with van der Waals surface area (Å²) in [6, 6.07) is 9.54. The molecule has 1 rings (SSSR count). The Morgan fingerprint density at radius 1 is 1.30 bits per heavy atom. The van der Waals surface area contributed by atoms with Crippen molar-refractivity contribution < 1.29 is 14.6 Å². The quantitative estimate of drug-likeness (QED) is 0.375. The number of aliphatic hydroxyl groups is 1. The van der Waals surface area contributed by atoms with Crippen LogP contribution in [0.5, 0.6) is 0 Å². The van der Waals surface area contributed by atoms with Crippen LogP contribution in [0.2, 0.25) is 0 Å². The van der Waals surface area contributed by atoms with Crippen molar-refractivity contribution in [3.05, 3.63) is 35.9 Å². The average molecular weight is 274 g/mol. The summed E-state index contributed by atoms with van der Waals surface area (Å²) in [7, 11) is 0. The van der Waals surface area contributed by atoms with Gasteiger partial charge in [-0.05, 0) is 24.3 Å². The Balaban J connectivity index is 2.20. The number of benzene rings is 1. The van der Waals surface area contributed by atoms with Crippen LogP contribution in [0.25, 0.3) is 0 Å². The first-order valence-electron chi connectivity index (χ1n) is 6.98. The first-order valence-corrected chi connectivity index (χ1v) is 6.98. The van der Waals surface area contributed by atoms with E-state index in [-0.39, 0.29) is 0 Å². The zero-order chi connectivity index (χ0) is 14.8. The van der Waals surface area contributed by atoms with E-state index in [1.165, 1.54) is 0 Å². The van der Waals surface area contributed by atoms with Crippen LogP contribution in [0.1, 0.15) is 44.8 Å². The molecule has 3 nitrogen and oxygen atoms in total. The first-order chi connectivity index (χ1) is 9.59. The summed E-state index contributed by atoms with van der Waals surface area (Å²) in [6.45, 7) is 4.36. The van der Waals surface area contributed by atoms with E-state index in [1.807, 2.05) is 44.2 Å². The maximum atomic E-state index is 11.2. The molecule has 1 atom stereocenters. The van der Waals surface area contributed by atoms with Gasteiger partial charge in [-0.25, -0.2) is 4.79 Å². The van der Waals surface area contributed by atoms with Crippen LogP contribution >= 0.6 is 0 Å². The monoisotopic (exact) mass is 274 g/mol. The van der Waals surface area contributed by atoms with E-state index in [4.69, 9.17) is 4.74 Å². The van der Waals surface area contributed by atoms with Crippen molar-refractivity contribution in [1.82, 2.24) is 0 Å². The number of carbonyl (C=O) groups is 1. The first kappa shape index (κ1) is 16.3. The van der Waals surface area contributed by atoms with Crippen LogP contribution < -0.4 is 0 Å². The van der Waals surface area contributed by atoms with E-state index in [0.29, 0.717) is 25.4 Å². The fourth-order valence-electron chi connectivity index (χ4n) is 1.64. The Morgan fingerprint density at radius 3 is 2.65 bits per heavy atom. The minimum Gasteiger partial charge on any atom is -0.456 e. The number of esters is 1. The molecule has 1 aromatic rings. The summed E-state index contributed by atoms with van der Waals surface area (Å²) in [6.07, 6.45) is 1.51. The van der Waals surface area contributed by atoms with Crippen LogP contribution in [0.15, 0.2) is 30.3 Å². The lowest BCUT2D eigenvalue weighted by molar-refractivity contribution is -0.137. The SMILES string of the molecule is CC(C)COC(=O)C#CCCCC(O)c1ccccc1. The summed E-state index contributed by atoms with van der Waals surface area (Å²) in [5.74, 6) is 5.09. The van der Waals surface area contributed by atoms with Crippen molar-refractivity contribution in [2.75, 3.05) is 6.61 Å². The standard InChI is InChI=1S/C17H22O3/c1-14(2)13-20-17(19)12-8-4-7-11-16(18)15-9-5-3-6-10-15/h3,5-6,9-10,14,16,18H,4,7,11,13H2,1-2H3. The lowest BCUT2D eigenvalue weighted by Gasteiger charge is -2.09. The number of aliphatic hydroxyl groups excluding tert-OH is 1. The summed E-state index contributed by atoms with van der Waals surface area (Å²) >= 11 is 0. The molecule has 0 spiro atoms. The number of rotatable bonds is 6. The van der Waals surface area contributed by atoms with E-state index in [2.05, 4.69) is 11.8 Å². The molecule has 108 valence electrons. The highest BCUT2D eigenvalue weighted by Gasteiger charge is 2.05. The normalized spacial score (nSPS) is 11.6. The van der Waals surface area contributed by atoms with Gasteiger partial charge in [-0.15, -0.1) is 0 Å². The van der Waals surface area contributed by atoms with E-state index in [1.54, 1.807) is 0 Å². The summed E-state index contributed by atoms with van der Waals surface area (Å²) in [5, 5.41) is 9.93. The number of unbranched alkanes of at least 4 members (excludes halogenated alkanes) is 1. The highest BCUT2D eigenvalue weighted by atomic mass is 16.5. The third kappa shape index (κ3) is 6.96. The predicted molar refractivity (Wildman–Crippen MR) is 78.8 cm³/mol. The molecule has 0 saturated heterocycles. The number of carbonyl (C=O) groups excluding carboxylic acids is 1. The topological polar surface area (TPSA) is 46.5 Å². The molecule has 1 unspecified atom stereocenters. The minimum absolute atomic E-state index is 0.321. The Hall–Kier alpha value is -1.79. The van der Waals surface area contributed by atoms with Crippen molar-refractivity contribution in [2.45, 2.75) is 39.2 Å². The van der Waals surface area contributed by atoms with Crippen LogP contribution in [-0.4, -0.2) is 17.7 Å². The van der Waals surface area contributed by atoms with Gasteiger partial charge in [0.05, 0.1) is 12.7 Å². The highest BCUT2D eigenvalue weighted by molar-refractivity contribution is 5.88. The van der Waals surface area contributed by atoms with Crippen molar-refractivity contribution in [3.63, 3.8) is 0 Å². The van der Waals surface area contributed by atoms with Crippen LogP contribution in [0, 0.1) is 17.8 Å². The lowest BCUT2D eigenvalue weighted by Crippen LogP contribution is -2.07. The second-order valence-corrected chi connectivity index (χ2v) is 5.11. The Labute approximate surface area is 121 Å². The van der Waals surface area contributed by atoms with E-state index in [0.717, 1.165) is 12.0 Å². The average Bonchev–Trinajstić information content (AvgIpc) is 2.45. The van der Waals surface area contributed by atoms with Crippen molar-refractivity contribution in [2.24, 2.45) is 5.92 Å².